The van der Waals surface area contributed by atoms with E-state index in [0.717, 1.165) is 19.4 Å². The smallest absolute Gasteiger partial charge is 0.268 e. The van der Waals surface area contributed by atoms with Gasteiger partial charge in [-0.3, -0.25) is 4.79 Å². The van der Waals surface area contributed by atoms with Crippen molar-refractivity contribution in [2.24, 2.45) is 5.73 Å². The van der Waals surface area contributed by atoms with Crippen molar-refractivity contribution in [3.63, 3.8) is 0 Å². The van der Waals surface area contributed by atoms with Crippen molar-refractivity contribution in [3.05, 3.63) is 16.3 Å². The van der Waals surface area contributed by atoms with E-state index in [1.54, 1.807) is 7.11 Å². The van der Waals surface area contributed by atoms with Gasteiger partial charge in [0.15, 0.2) is 0 Å². The monoisotopic (exact) mass is 240 g/mol. The first-order chi connectivity index (χ1) is 7.77. The lowest BCUT2D eigenvalue weighted by Crippen LogP contribution is -2.39. The summed E-state index contributed by atoms with van der Waals surface area (Å²) < 4.78 is 5.17. The molecule has 0 radical (unpaired) electrons. The fraction of sp³-hybridized carbons (Fsp3) is 0.545. The molecule has 1 amide bonds. The summed E-state index contributed by atoms with van der Waals surface area (Å²) in [5, 5.41) is 1.87. The van der Waals surface area contributed by atoms with E-state index in [-0.39, 0.29) is 11.9 Å². The first-order valence-corrected chi connectivity index (χ1v) is 6.28. The zero-order valence-electron chi connectivity index (χ0n) is 9.31. The molecule has 0 spiro atoms. The van der Waals surface area contributed by atoms with Crippen LogP contribution in [0.4, 0.5) is 0 Å². The third kappa shape index (κ3) is 1.92. The minimum Gasteiger partial charge on any atom is -0.495 e. The molecule has 1 fully saturated rings. The predicted octanol–water partition coefficient (Wildman–Crippen LogP) is 1.32. The number of ether oxygens (including phenoxy) is 1. The van der Waals surface area contributed by atoms with E-state index < -0.39 is 0 Å². The summed E-state index contributed by atoms with van der Waals surface area (Å²) in [6.45, 7) is 1.35. The number of thiophene rings is 1. The molecule has 0 aliphatic carbocycles. The Labute approximate surface area is 99.0 Å². The van der Waals surface area contributed by atoms with Crippen LogP contribution in [0.1, 0.15) is 22.5 Å². The van der Waals surface area contributed by atoms with Crippen LogP contribution in [0, 0.1) is 0 Å². The SMILES string of the molecule is COc1ccsc1C(=O)N1CCCC1CN. The summed E-state index contributed by atoms with van der Waals surface area (Å²) in [6.07, 6.45) is 2.05. The van der Waals surface area contributed by atoms with Crippen molar-refractivity contribution >= 4 is 17.2 Å². The number of hydrogen-bond donors (Lipinski definition) is 1. The number of carbonyl (C=O) groups is 1. The third-order valence-electron chi connectivity index (χ3n) is 2.95. The molecule has 5 heteroatoms. The number of amides is 1. The molecule has 1 atom stereocenters. The Morgan fingerprint density at radius 3 is 3.25 bits per heavy atom. The summed E-state index contributed by atoms with van der Waals surface area (Å²) >= 11 is 1.42. The van der Waals surface area contributed by atoms with Gasteiger partial charge in [-0.25, -0.2) is 0 Å². The maximum absolute atomic E-state index is 12.3. The highest BCUT2D eigenvalue weighted by Gasteiger charge is 2.30. The van der Waals surface area contributed by atoms with Gasteiger partial charge in [-0.2, -0.15) is 0 Å². The molecule has 1 aromatic heterocycles. The summed E-state index contributed by atoms with van der Waals surface area (Å²) in [5.74, 6) is 0.720. The van der Waals surface area contributed by atoms with Crippen LogP contribution in [0.15, 0.2) is 11.4 Å². The van der Waals surface area contributed by atoms with Gasteiger partial charge in [0.05, 0.1) is 7.11 Å². The Morgan fingerprint density at radius 2 is 2.56 bits per heavy atom. The minimum atomic E-state index is 0.0554. The quantitative estimate of drug-likeness (QED) is 0.867. The van der Waals surface area contributed by atoms with Crippen LogP contribution in [0.3, 0.4) is 0 Å². The summed E-state index contributed by atoms with van der Waals surface area (Å²) in [5.41, 5.74) is 5.66. The molecule has 1 saturated heterocycles. The number of rotatable bonds is 3. The molecule has 1 aliphatic rings. The van der Waals surface area contributed by atoms with Gasteiger partial charge < -0.3 is 15.4 Å². The van der Waals surface area contributed by atoms with Crippen LogP contribution in [0.5, 0.6) is 5.75 Å². The molecule has 0 bridgehead atoms. The highest BCUT2D eigenvalue weighted by atomic mass is 32.1. The van der Waals surface area contributed by atoms with Crippen LogP contribution >= 0.6 is 11.3 Å². The Bertz CT molecular complexity index is 378. The summed E-state index contributed by atoms with van der Waals surface area (Å²) in [4.78, 5) is 14.8. The molecule has 1 aliphatic heterocycles. The second-order valence-electron chi connectivity index (χ2n) is 3.85. The molecule has 88 valence electrons. The lowest BCUT2D eigenvalue weighted by molar-refractivity contribution is 0.0743. The van der Waals surface area contributed by atoms with Crippen molar-refractivity contribution in [3.8, 4) is 5.75 Å². The van der Waals surface area contributed by atoms with Crippen LogP contribution < -0.4 is 10.5 Å². The zero-order valence-corrected chi connectivity index (χ0v) is 10.1. The lowest BCUT2D eigenvalue weighted by Gasteiger charge is -2.23. The molecule has 0 saturated carbocycles. The van der Waals surface area contributed by atoms with Gasteiger partial charge in [0.2, 0.25) is 0 Å². The average molecular weight is 240 g/mol. The minimum absolute atomic E-state index is 0.0554. The van der Waals surface area contributed by atoms with E-state index in [4.69, 9.17) is 10.5 Å². The van der Waals surface area contributed by atoms with Crippen molar-refractivity contribution in [2.75, 3.05) is 20.2 Å². The lowest BCUT2D eigenvalue weighted by atomic mass is 10.2. The Balaban J connectivity index is 2.18. The number of methoxy groups -OCH3 is 1. The average Bonchev–Trinajstić information content (AvgIpc) is 2.96. The van der Waals surface area contributed by atoms with E-state index in [1.807, 2.05) is 16.3 Å². The molecule has 16 heavy (non-hydrogen) atoms. The standard InChI is InChI=1S/C11H16N2O2S/c1-15-9-4-6-16-10(9)11(14)13-5-2-3-8(13)7-12/h4,6,8H,2-3,5,7,12H2,1H3. The number of carbonyl (C=O) groups excluding carboxylic acids is 1. The van der Waals surface area contributed by atoms with E-state index in [0.29, 0.717) is 17.2 Å². The highest BCUT2D eigenvalue weighted by Crippen LogP contribution is 2.28. The van der Waals surface area contributed by atoms with Crippen molar-refractivity contribution in [1.29, 1.82) is 0 Å². The van der Waals surface area contributed by atoms with Crippen LogP contribution in [0.2, 0.25) is 0 Å². The molecular weight excluding hydrogens is 224 g/mol. The van der Waals surface area contributed by atoms with Crippen molar-refractivity contribution < 1.29 is 9.53 Å². The predicted molar refractivity (Wildman–Crippen MR) is 64.0 cm³/mol. The number of likely N-dealkylation sites (tertiary alicyclic amines) is 1. The fourth-order valence-electron chi connectivity index (χ4n) is 2.09. The third-order valence-corrected chi connectivity index (χ3v) is 3.84. The van der Waals surface area contributed by atoms with Crippen molar-refractivity contribution in [1.82, 2.24) is 4.90 Å². The maximum Gasteiger partial charge on any atom is 0.268 e. The second-order valence-corrected chi connectivity index (χ2v) is 4.76. The van der Waals surface area contributed by atoms with Crippen LogP contribution in [0.25, 0.3) is 0 Å². The Hall–Kier alpha value is -1.07. The van der Waals surface area contributed by atoms with Gasteiger partial charge in [-0.1, -0.05) is 0 Å². The fourth-order valence-corrected chi connectivity index (χ4v) is 2.91. The van der Waals surface area contributed by atoms with Gasteiger partial charge >= 0.3 is 0 Å². The maximum atomic E-state index is 12.3. The number of hydrogen-bond acceptors (Lipinski definition) is 4. The van der Waals surface area contributed by atoms with Crippen molar-refractivity contribution in [2.45, 2.75) is 18.9 Å². The second kappa shape index (κ2) is 4.84. The van der Waals surface area contributed by atoms with Gasteiger partial charge in [0.1, 0.15) is 10.6 Å². The van der Waals surface area contributed by atoms with Crippen LogP contribution in [-0.2, 0) is 0 Å². The highest BCUT2D eigenvalue weighted by molar-refractivity contribution is 7.12. The van der Waals surface area contributed by atoms with E-state index in [2.05, 4.69) is 0 Å². The molecule has 2 rings (SSSR count). The van der Waals surface area contributed by atoms with E-state index >= 15 is 0 Å². The van der Waals surface area contributed by atoms with E-state index in [1.165, 1.54) is 11.3 Å². The largest absolute Gasteiger partial charge is 0.495 e. The Morgan fingerprint density at radius 1 is 1.75 bits per heavy atom. The van der Waals surface area contributed by atoms with Gasteiger partial charge in [-0.15, -0.1) is 11.3 Å². The first-order valence-electron chi connectivity index (χ1n) is 5.40. The normalized spacial score (nSPS) is 20.1. The Kier molecular flexibility index (Phi) is 3.46. The first kappa shape index (κ1) is 11.4. The summed E-state index contributed by atoms with van der Waals surface area (Å²) in [7, 11) is 1.59. The van der Waals surface area contributed by atoms with E-state index in [9.17, 15) is 4.79 Å². The molecule has 2 N–H and O–H groups in total. The molecular formula is C11H16N2O2S. The molecule has 1 unspecified atom stereocenters. The molecule has 2 heterocycles. The van der Waals surface area contributed by atoms with Gasteiger partial charge in [0.25, 0.3) is 5.91 Å². The molecule has 0 aromatic carbocycles. The summed E-state index contributed by atoms with van der Waals surface area (Å²) in [6, 6.07) is 2.02. The van der Waals surface area contributed by atoms with Gasteiger partial charge in [-0.05, 0) is 24.3 Å². The number of nitrogens with zero attached hydrogens (tertiary/aromatic N) is 1. The van der Waals surface area contributed by atoms with Gasteiger partial charge in [0, 0.05) is 19.1 Å². The molecule has 4 nitrogen and oxygen atoms in total. The zero-order chi connectivity index (χ0) is 11.5. The molecule has 1 aromatic rings. The topological polar surface area (TPSA) is 55.6 Å². The van der Waals surface area contributed by atoms with Crippen LogP contribution in [-0.4, -0.2) is 37.0 Å². The number of nitrogens with two attached hydrogens (primary N) is 1.